The minimum atomic E-state index is -0.734. The predicted molar refractivity (Wildman–Crippen MR) is 77.3 cm³/mol. The van der Waals surface area contributed by atoms with Gasteiger partial charge in [-0.25, -0.2) is 4.79 Å². The van der Waals surface area contributed by atoms with E-state index in [-0.39, 0.29) is 12.3 Å². The molecule has 1 N–H and O–H groups in total. The summed E-state index contributed by atoms with van der Waals surface area (Å²) in [7, 11) is 0. The van der Waals surface area contributed by atoms with E-state index in [4.69, 9.17) is 10.00 Å². The lowest BCUT2D eigenvalue weighted by molar-refractivity contribution is -0.134. The molecule has 5 nitrogen and oxygen atoms in total. The molecule has 0 atom stereocenters. The number of hydrogen-bond acceptors (Lipinski definition) is 5. The molecule has 0 unspecified atom stereocenters. The van der Waals surface area contributed by atoms with Crippen molar-refractivity contribution in [1.82, 2.24) is 0 Å². The number of anilines is 1. The number of hydrazone groups is 1. The summed E-state index contributed by atoms with van der Waals surface area (Å²) in [6, 6.07) is 15.1. The lowest BCUT2D eigenvalue weighted by atomic mass is 10.1. The SMILES string of the molecule is CCOC(=O)/C(C#N)=N/Nc1cccc2ccccc12. The molecule has 0 amide bonds. The first-order valence-electron chi connectivity index (χ1n) is 6.15. The Morgan fingerprint density at radius 3 is 2.80 bits per heavy atom. The summed E-state index contributed by atoms with van der Waals surface area (Å²) in [5.41, 5.74) is 3.16. The van der Waals surface area contributed by atoms with Crippen molar-refractivity contribution >= 4 is 28.1 Å². The van der Waals surface area contributed by atoms with Crippen LogP contribution >= 0.6 is 0 Å². The Kier molecular flexibility index (Phi) is 4.30. The van der Waals surface area contributed by atoms with Crippen LogP contribution in [0.15, 0.2) is 47.6 Å². The second-order valence-corrected chi connectivity index (χ2v) is 3.93. The van der Waals surface area contributed by atoms with E-state index in [9.17, 15) is 4.79 Å². The first-order valence-corrected chi connectivity index (χ1v) is 6.15. The van der Waals surface area contributed by atoms with Crippen LogP contribution in [0.5, 0.6) is 0 Å². The zero-order chi connectivity index (χ0) is 14.4. The van der Waals surface area contributed by atoms with Crippen LogP contribution in [0.1, 0.15) is 6.92 Å². The lowest BCUT2D eigenvalue weighted by Gasteiger charge is -2.05. The third-order valence-electron chi connectivity index (χ3n) is 2.65. The van der Waals surface area contributed by atoms with E-state index in [0.717, 1.165) is 16.5 Å². The predicted octanol–water partition coefficient (Wildman–Crippen LogP) is 2.69. The van der Waals surface area contributed by atoms with E-state index < -0.39 is 5.97 Å². The monoisotopic (exact) mass is 267 g/mol. The molecule has 5 heteroatoms. The van der Waals surface area contributed by atoms with Gasteiger partial charge in [-0.3, -0.25) is 5.43 Å². The molecule has 0 saturated carbocycles. The average Bonchev–Trinajstić information content (AvgIpc) is 2.48. The lowest BCUT2D eigenvalue weighted by Crippen LogP contribution is -2.17. The fraction of sp³-hybridized carbons (Fsp3) is 0.133. The maximum Gasteiger partial charge on any atom is 0.369 e. The fourth-order valence-electron chi connectivity index (χ4n) is 1.75. The third-order valence-corrected chi connectivity index (χ3v) is 2.65. The third kappa shape index (κ3) is 2.93. The molecule has 0 saturated heterocycles. The number of nitrogens with one attached hydrogen (secondary N) is 1. The largest absolute Gasteiger partial charge is 0.461 e. The molecule has 0 heterocycles. The normalized spacial score (nSPS) is 10.9. The molecule has 2 aromatic carbocycles. The smallest absolute Gasteiger partial charge is 0.369 e. The Balaban J connectivity index is 2.28. The second kappa shape index (κ2) is 6.34. The zero-order valence-electron chi connectivity index (χ0n) is 11.0. The Bertz CT molecular complexity index is 696. The van der Waals surface area contributed by atoms with Gasteiger partial charge in [0.25, 0.3) is 0 Å². The molecule has 0 radical (unpaired) electrons. The number of fused-ring (bicyclic) bond motifs is 1. The maximum atomic E-state index is 11.4. The molecule has 2 rings (SSSR count). The van der Waals surface area contributed by atoms with Gasteiger partial charge in [0.15, 0.2) is 0 Å². The summed E-state index contributed by atoms with van der Waals surface area (Å²) in [5.74, 6) is -0.734. The molecule has 0 aliphatic heterocycles. The molecule has 0 bridgehead atoms. The molecular formula is C15H13N3O2. The number of carbonyl (C=O) groups is 1. The van der Waals surface area contributed by atoms with Crippen LogP contribution in [0.25, 0.3) is 10.8 Å². The van der Waals surface area contributed by atoms with E-state index in [2.05, 4.69) is 10.5 Å². The Morgan fingerprint density at radius 1 is 1.30 bits per heavy atom. The van der Waals surface area contributed by atoms with E-state index >= 15 is 0 Å². The zero-order valence-corrected chi connectivity index (χ0v) is 11.0. The van der Waals surface area contributed by atoms with Gasteiger partial charge in [0.05, 0.1) is 12.3 Å². The minimum absolute atomic E-state index is 0.202. The van der Waals surface area contributed by atoms with Crippen molar-refractivity contribution in [1.29, 1.82) is 5.26 Å². The van der Waals surface area contributed by atoms with Gasteiger partial charge in [-0.15, -0.1) is 0 Å². The van der Waals surface area contributed by atoms with E-state index in [1.807, 2.05) is 42.5 Å². The maximum absolute atomic E-state index is 11.4. The number of hydrogen-bond donors (Lipinski definition) is 1. The summed E-state index contributed by atoms with van der Waals surface area (Å²) < 4.78 is 4.74. The fourth-order valence-corrected chi connectivity index (χ4v) is 1.75. The summed E-state index contributed by atoms with van der Waals surface area (Å²) >= 11 is 0. The van der Waals surface area contributed by atoms with Gasteiger partial charge in [0, 0.05) is 5.39 Å². The van der Waals surface area contributed by atoms with Gasteiger partial charge in [-0.05, 0) is 18.4 Å². The Labute approximate surface area is 116 Å². The summed E-state index contributed by atoms with van der Waals surface area (Å²) in [6.45, 7) is 1.87. The van der Waals surface area contributed by atoms with Crippen LogP contribution < -0.4 is 5.43 Å². The molecule has 0 fully saturated rings. The van der Waals surface area contributed by atoms with Crippen molar-refractivity contribution in [2.24, 2.45) is 5.10 Å². The van der Waals surface area contributed by atoms with Crippen molar-refractivity contribution in [3.8, 4) is 6.07 Å². The van der Waals surface area contributed by atoms with Crippen LogP contribution in [0.2, 0.25) is 0 Å². The van der Waals surface area contributed by atoms with Crippen LogP contribution in [0.3, 0.4) is 0 Å². The molecule has 0 aliphatic rings. The number of nitrogens with zero attached hydrogens (tertiary/aromatic N) is 2. The van der Waals surface area contributed by atoms with E-state index in [1.54, 1.807) is 13.0 Å². The number of carbonyl (C=O) groups excluding carboxylic acids is 1. The van der Waals surface area contributed by atoms with Crippen LogP contribution in [0.4, 0.5) is 5.69 Å². The van der Waals surface area contributed by atoms with Gasteiger partial charge in [-0.1, -0.05) is 36.4 Å². The summed E-state index contributed by atoms with van der Waals surface area (Å²) in [4.78, 5) is 11.4. The van der Waals surface area contributed by atoms with Gasteiger partial charge in [-0.2, -0.15) is 10.4 Å². The molecular weight excluding hydrogens is 254 g/mol. The highest BCUT2D eigenvalue weighted by atomic mass is 16.5. The molecule has 0 spiro atoms. The van der Waals surface area contributed by atoms with Crippen molar-refractivity contribution in [2.45, 2.75) is 6.92 Å². The number of esters is 1. The van der Waals surface area contributed by atoms with Crippen LogP contribution in [-0.4, -0.2) is 18.3 Å². The number of ether oxygens (including phenoxy) is 1. The summed E-state index contributed by atoms with van der Waals surface area (Å²) in [6.07, 6.45) is 0. The van der Waals surface area contributed by atoms with Gasteiger partial charge < -0.3 is 4.74 Å². The highest BCUT2D eigenvalue weighted by molar-refractivity contribution is 6.43. The van der Waals surface area contributed by atoms with Crippen molar-refractivity contribution in [2.75, 3.05) is 12.0 Å². The first-order chi connectivity index (χ1) is 9.76. The minimum Gasteiger partial charge on any atom is -0.461 e. The average molecular weight is 267 g/mol. The van der Waals surface area contributed by atoms with Crippen molar-refractivity contribution in [3.05, 3.63) is 42.5 Å². The molecule has 2 aromatic rings. The Hall–Kier alpha value is -2.87. The molecule has 0 aromatic heterocycles. The topological polar surface area (TPSA) is 74.5 Å². The molecule has 100 valence electrons. The van der Waals surface area contributed by atoms with Crippen molar-refractivity contribution in [3.63, 3.8) is 0 Å². The quantitative estimate of drug-likeness (QED) is 0.525. The number of nitriles is 1. The highest BCUT2D eigenvalue weighted by Gasteiger charge is 2.11. The number of benzene rings is 2. The molecule has 20 heavy (non-hydrogen) atoms. The van der Waals surface area contributed by atoms with Gasteiger partial charge in [0.2, 0.25) is 5.71 Å². The highest BCUT2D eigenvalue weighted by Crippen LogP contribution is 2.22. The van der Waals surface area contributed by atoms with Gasteiger partial charge >= 0.3 is 5.97 Å². The Morgan fingerprint density at radius 2 is 2.05 bits per heavy atom. The first kappa shape index (κ1) is 13.6. The second-order valence-electron chi connectivity index (χ2n) is 3.93. The van der Waals surface area contributed by atoms with Gasteiger partial charge in [0.1, 0.15) is 6.07 Å². The van der Waals surface area contributed by atoms with Crippen LogP contribution in [-0.2, 0) is 9.53 Å². The standard InChI is InChI=1S/C15H13N3O2/c1-2-20-15(19)14(10-16)18-17-13-9-5-7-11-6-3-4-8-12(11)13/h3-9,17H,2H2,1H3/b18-14+. The van der Waals surface area contributed by atoms with Crippen molar-refractivity contribution < 1.29 is 9.53 Å². The van der Waals surface area contributed by atoms with Crippen LogP contribution in [0, 0.1) is 11.3 Å². The number of rotatable bonds is 4. The molecule has 0 aliphatic carbocycles. The summed E-state index contributed by atoms with van der Waals surface area (Å²) in [5, 5.41) is 14.7. The van der Waals surface area contributed by atoms with E-state index in [0.29, 0.717) is 0 Å². The van der Waals surface area contributed by atoms with E-state index in [1.165, 1.54) is 0 Å².